The number of aryl methyl sites for hydroxylation is 1. The number of nitrogens with one attached hydrogen (secondary N) is 1. The van der Waals surface area contributed by atoms with Gasteiger partial charge in [-0.15, -0.1) is 0 Å². The number of hydrogen-bond acceptors (Lipinski definition) is 2. The molecule has 0 aliphatic rings. The number of aromatic nitrogens is 2. The predicted molar refractivity (Wildman–Crippen MR) is 135 cm³/mol. The maximum atomic E-state index is 13.7. The Bertz CT molecular complexity index is 1200. The molecule has 4 heteroatoms. The monoisotopic (exact) mass is 437 g/mol. The summed E-state index contributed by atoms with van der Waals surface area (Å²) in [6.07, 6.45) is 3.03. The molecule has 0 fully saturated rings. The van der Waals surface area contributed by atoms with Crippen molar-refractivity contribution in [3.05, 3.63) is 102 Å². The van der Waals surface area contributed by atoms with E-state index in [0.717, 1.165) is 41.8 Å². The van der Waals surface area contributed by atoms with Gasteiger partial charge in [0.2, 0.25) is 0 Å². The fourth-order valence-corrected chi connectivity index (χ4v) is 4.16. The van der Waals surface area contributed by atoms with Gasteiger partial charge in [0.25, 0.3) is 5.91 Å². The van der Waals surface area contributed by atoms with Crippen molar-refractivity contribution >= 4 is 5.91 Å². The van der Waals surface area contributed by atoms with Crippen molar-refractivity contribution in [1.29, 1.82) is 0 Å². The van der Waals surface area contributed by atoms with E-state index < -0.39 is 0 Å². The minimum absolute atomic E-state index is 0.0420. The Balaban J connectivity index is 1.76. The molecule has 0 bridgehead atoms. The topological polar surface area (TPSA) is 46.9 Å². The van der Waals surface area contributed by atoms with E-state index in [9.17, 15) is 4.79 Å². The van der Waals surface area contributed by atoms with Crippen molar-refractivity contribution in [3.63, 3.8) is 0 Å². The third-order valence-electron chi connectivity index (χ3n) is 6.02. The van der Waals surface area contributed by atoms with Crippen LogP contribution < -0.4 is 5.32 Å². The zero-order chi connectivity index (χ0) is 23.2. The fourth-order valence-electron chi connectivity index (χ4n) is 4.16. The predicted octanol–water partition coefficient (Wildman–Crippen LogP) is 6.72. The summed E-state index contributed by atoms with van der Waals surface area (Å²) in [4.78, 5) is 18.7. The molecule has 33 heavy (non-hydrogen) atoms. The first kappa shape index (κ1) is 22.5. The van der Waals surface area contributed by atoms with Gasteiger partial charge in [-0.25, -0.2) is 4.98 Å². The molecule has 1 N–H and O–H groups in total. The number of imidazole rings is 1. The van der Waals surface area contributed by atoms with E-state index in [4.69, 9.17) is 4.98 Å². The number of hydrogen-bond donors (Lipinski definition) is 1. The average Bonchev–Trinajstić information content (AvgIpc) is 3.20. The number of rotatable bonds is 8. The van der Waals surface area contributed by atoms with Gasteiger partial charge in [-0.2, -0.15) is 0 Å². The number of carbonyl (C=O) groups excluding carboxylic acids is 1. The van der Waals surface area contributed by atoms with Crippen molar-refractivity contribution in [2.45, 2.75) is 39.2 Å². The maximum Gasteiger partial charge on any atom is 0.270 e. The molecule has 4 rings (SSSR count). The fraction of sp³-hybridized carbons (Fsp3) is 0.241. The molecule has 1 unspecified atom stereocenters. The molecule has 0 aliphatic heterocycles. The van der Waals surface area contributed by atoms with Crippen molar-refractivity contribution in [2.24, 2.45) is 7.05 Å². The van der Waals surface area contributed by atoms with Crippen LogP contribution >= 0.6 is 0 Å². The van der Waals surface area contributed by atoms with Crippen LogP contribution in [-0.4, -0.2) is 15.5 Å². The summed E-state index contributed by atoms with van der Waals surface area (Å²) in [5.41, 5.74) is 5.51. The Kier molecular flexibility index (Phi) is 7.04. The Hall–Kier alpha value is -3.66. The second-order valence-electron chi connectivity index (χ2n) is 8.50. The summed E-state index contributed by atoms with van der Waals surface area (Å²) in [6, 6.07) is 28.4. The molecule has 4 nitrogen and oxygen atoms in total. The van der Waals surface area contributed by atoms with E-state index in [1.807, 2.05) is 72.3 Å². The van der Waals surface area contributed by atoms with Gasteiger partial charge < -0.3 is 9.88 Å². The number of amides is 1. The van der Waals surface area contributed by atoms with Crippen LogP contribution in [0.1, 0.15) is 53.8 Å². The summed E-state index contributed by atoms with van der Waals surface area (Å²) in [7, 11) is 1.92. The molecule has 0 spiro atoms. The smallest absolute Gasteiger partial charge is 0.270 e. The van der Waals surface area contributed by atoms with Crippen LogP contribution in [0, 0.1) is 6.92 Å². The Labute approximate surface area is 196 Å². The first-order chi connectivity index (χ1) is 16.1. The Morgan fingerprint density at radius 3 is 2.18 bits per heavy atom. The van der Waals surface area contributed by atoms with Gasteiger partial charge in [0.05, 0.1) is 6.04 Å². The highest BCUT2D eigenvalue weighted by Crippen LogP contribution is 2.30. The van der Waals surface area contributed by atoms with E-state index in [-0.39, 0.29) is 11.9 Å². The zero-order valence-corrected chi connectivity index (χ0v) is 19.6. The highest BCUT2D eigenvalue weighted by atomic mass is 16.2. The lowest BCUT2D eigenvalue weighted by Gasteiger charge is -2.20. The molecule has 168 valence electrons. The van der Waals surface area contributed by atoms with E-state index in [0.29, 0.717) is 11.4 Å². The highest BCUT2D eigenvalue weighted by Gasteiger charge is 2.25. The zero-order valence-electron chi connectivity index (χ0n) is 19.6. The van der Waals surface area contributed by atoms with Gasteiger partial charge >= 0.3 is 0 Å². The normalized spacial score (nSPS) is 11.8. The summed E-state index contributed by atoms with van der Waals surface area (Å²) in [5, 5.41) is 3.31. The van der Waals surface area contributed by atoms with Crippen LogP contribution in [-0.2, 0) is 7.05 Å². The van der Waals surface area contributed by atoms with Crippen molar-refractivity contribution in [2.75, 3.05) is 0 Å². The van der Waals surface area contributed by atoms with Crippen molar-refractivity contribution in [3.8, 4) is 22.6 Å². The number of benzene rings is 3. The molecule has 1 aromatic heterocycles. The molecule has 0 radical (unpaired) electrons. The molecule has 1 heterocycles. The lowest BCUT2D eigenvalue weighted by Crippen LogP contribution is -2.30. The second kappa shape index (κ2) is 10.3. The van der Waals surface area contributed by atoms with Crippen LogP contribution in [0.4, 0.5) is 0 Å². The van der Waals surface area contributed by atoms with Crippen LogP contribution in [0.25, 0.3) is 22.6 Å². The van der Waals surface area contributed by atoms with Crippen molar-refractivity contribution in [1.82, 2.24) is 14.9 Å². The van der Waals surface area contributed by atoms with Crippen molar-refractivity contribution < 1.29 is 4.79 Å². The van der Waals surface area contributed by atoms with Gasteiger partial charge in [0, 0.05) is 18.2 Å². The quantitative estimate of drug-likeness (QED) is 0.332. The molecule has 4 aromatic rings. The van der Waals surface area contributed by atoms with E-state index in [1.54, 1.807) is 0 Å². The van der Waals surface area contributed by atoms with Crippen LogP contribution in [0.3, 0.4) is 0 Å². The molecule has 1 amide bonds. The van der Waals surface area contributed by atoms with Crippen LogP contribution in [0.2, 0.25) is 0 Å². The van der Waals surface area contributed by atoms with Gasteiger partial charge in [-0.05, 0) is 18.9 Å². The minimum Gasteiger partial charge on any atom is -0.344 e. The largest absolute Gasteiger partial charge is 0.344 e. The molecule has 0 aliphatic carbocycles. The number of nitrogens with zero attached hydrogens (tertiary/aromatic N) is 2. The van der Waals surface area contributed by atoms with E-state index in [1.165, 1.54) is 5.56 Å². The first-order valence-corrected chi connectivity index (χ1v) is 11.6. The van der Waals surface area contributed by atoms with E-state index in [2.05, 4.69) is 43.4 Å². The summed E-state index contributed by atoms with van der Waals surface area (Å²) in [6.45, 7) is 4.23. The minimum atomic E-state index is -0.104. The SMILES string of the molecule is CCCCC(NC(=O)c1c(-c2ccc(C)cc2)nc(-c2ccccc2)n1C)c1ccccc1. The standard InChI is InChI=1S/C29H31N3O/c1-4-5-16-25(22-12-8-6-9-13-22)30-29(33)27-26(23-19-17-21(2)18-20-23)31-28(32(27)3)24-14-10-7-11-15-24/h6-15,17-20,25H,4-5,16H2,1-3H3,(H,30,33). The number of unbranched alkanes of at least 4 members (excludes halogenated alkanes) is 1. The molecule has 0 saturated carbocycles. The van der Waals surface area contributed by atoms with Gasteiger partial charge in [0.1, 0.15) is 17.2 Å². The van der Waals surface area contributed by atoms with Gasteiger partial charge in [0.15, 0.2) is 0 Å². The molecular weight excluding hydrogens is 406 g/mol. The van der Waals surface area contributed by atoms with Crippen LogP contribution in [0.5, 0.6) is 0 Å². The molecule has 0 saturated heterocycles. The first-order valence-electron chi connectivity index (χ1n) is 11.6. The third kappa shape index (κ3) is 5.06. The average molecular weight is 438 g/mol. The summed E-state index contributed by atoms with van der Waals surface area (Å²) in [5.74, 6) is 0.675. The molecular formula is C29H31N3O. The lowest BCUT2D eigenvalue weighted by molar-refractivity contribution is 0.0926. The molecule has 1 atom stereocenters. The lowest BCUT2D eigenvalue weighted by atomic mass is 10.0. The highest BCUT2D eigenvalue weighted by molar-refractivity contribution is 5.99. The maximum absolute atomic E-state index is 13.7. The summed E-state index contributed by atoms with van der Waals surface area (Å²) >= 11 is 0. The van der Waals surface area contributed by atoms with E-state index >= 15 is 0 Å². The second-order valence-corrected chi connectivity index (χ2v) is 8.50. The third-order valence-corrected chi connectivity index (χ3v) is 6.02. The van der Waals surface area contributed by atoms with Gasteiger partial charge in [-0.3, -0.25) is 4.79 Å². The summed E-state index contributed by atoms with van der Waals surface area (Å²) < 4.78 is 1.92. The van der Waals surface area contributed by atoms with Gasteiger partial charge in [-0.1, -0.05) is 110 Å². The van der Waals surface area contributed by atoms with Crippen LogP contribution in [0.15, 0.2) is 84.9 Å². The molecule has 3 aromatic carbocycles. The Morgan fingerprint density at radius 1 is 0.909 bits per heavy atom. The number of carbonyl (C=O) groups is 1. The Morgan fingerprint density at radius 2 is 1.55 bits per heavy atom.